The molecule has 19 heavy (non-hydrogen) atoms. The van der Waals surface area contributed by atoms with E-state index < -0.39 is 0 Å². The first-order chi connectivity index (χ1) is 9.23. The van der Waals surface area contributed by atoms with Gasteiger partial charge in [-0.3, -0.25) is 0 Å². The maximum atomic E-state index is 5.52. The second-order valence-electron chi connectivity index (χ2n) is 3.77. The van der Waals surface area contributed by atoms with E-state index >= 15 is 0 Å². The average molecular weight is 264 g/mol. The minimum atomic E-state index is 0.427. The summed E-state index contributed by atoms with van der Waals surface area (Å²) in [7, 11) is 4.68. The summed E-state index contributed by atoms with van der Waals surface area (Å²) in [6.45, 7) is 1.95. The van der Waals surface area contributed by atoms with Crippen LogP contribution < -0.4 is 14.2 Å². The van der Waals surface area contributed by atoms with E-state index in [-0.39, 0.29) is 0 Å². The van der Waals surface area contributed by atoms with Crippen LogP contribution in [0.1, 0.15) is 12.8 Å². The topological polar surface area (TPSA) is 66.6 Å². The molecule has 6 heteroatoms. The Labute approximate surface area is 111 Å². The van der Waals surface area contributed by atoms with Crippen LogP contribution in [-0.2, 0) is 6.42 Å². The van der Waals surface area contributed by atoms with Crippen LogP contribution >= 0.6 is 0 Å². The number of rotatable bonds is 5. The molecule has 0 amide bonds. The first-order valence-corrected chi connectivity index (χ1v) is 5.86. The van der Waals surface area contributed by atoms with Crippen molar-refractivity contribution in [1.29, 1.82) is 0 Å². The first-order valence-electron chi connectivity index (χ1n) is 5.86. The molecular weight excluding hydrogens is 248 g/mol. The van der Waals surface area contributed by atoms with Gasteiger partial charge in [0.15, 0.2) is 11.5 Å². The molecule has 102 valence electrons. The van der Waals surface area contributed by atoms with Gasteiger partial charge in [-0.1, -0.05) is 6.92 Å². The standard InChI is InChI=1S/C13H16N2O4/c1-5-11-14-15-13(19-11)8-6-9(16-2)12(18-4)10(7-8)17-3/h6-7H,5H2,1-4H3. The quantitative estimate of drug-likeness (QED) is 0.825. The van der Waals surface area contributed by atoms with Gasteiger partial charge in [-0.2, -0.15) is 0 Å². The Morgan fingerprint density at radius 2 is 1.63 bits per heavy atom. The van der Waals surface area contributed by atoms with E-state index in [0.29, 0.717) is 35.5 Å². The average Bonchev–Trinajstić information content (AvgIpc) is 2.94. The molecule has 2 aromatic rings. The van der Waals surface area contributed by atoms with Crippen molar-refractivity contribution in [3.05, 3.63) is 18.0 Å². The molecule has 0 spiro atoms. The molecule has 1 heterocycles. The van der Waals surface area contributed by atoms with Gasteiger partial charge in [0.25, 0.3) is 0 Å². The van der Waals surface area contributed by atoms with Gasteiger partial charge >= 0.3 is 0 Å². The van der Waals surface area contributed by atoms with Crippen LogP contribution in [0.3, 0.4) is 0 Å². The fourth-order valence-electron chi connectivity index (χ4n) is 1.72. The molecule has 0 saturated carbocycles. The van der Waals surface area contributed by atoms with Crippen molar-refractivity contribution in [3.63, 3.8) is 0 Å². The predicted molar refractivity (Wildman–Crippen MR) is 68.8 cm³/mol. The molecule has 0 N–H and O–H groups in total. The van der Waals surface area contributed by atoms with E-state index in [1.165, 1.54) is 0 Å². The van der Waals surface area contributed by atoms with Crippen molar-refractivity contribution in [2.45, 2.75) is 13.3 Å². The van der Waals surface area contributed by atoms with Crippen LogP contribution in [0.15, 0.2) is 16.5 Å². The Morgan fingerprint density at radius 3 is 2.05 bits per heavy atom. The highest BCUT2D eigenvalue weighted by Gasteiger charge is 2.17. The lowest BCUT2D eigenvalue weighted by Crippen LogP contribution is -1.95. The van der Waals surface area contributed by atoms with Crippen LogP contribution in [0.2, 0.25) is 0 Å². The third kappa shape index (κ3) is 2.47. The lowest BCUT2D eigenvalue weighted by molar-refractivity contribution is 0.324. The van der Waals surface area contributed by atoms with Crippen molar-refractivity contribution >= 4 is 0 Å². The van der Waals surface area contributed by atoms with Crippen LogP contribution in [0.4, 0.5) is 0 Å². The Kier molecular flexibility index (Phi) is 3.89. The summed E-state index contributed by atoms with van der Waals surface area (Å²) in [6.07, 6.45) is 0.692. The van der Waals surface area contributed by atoms with Crippen LogP contribution in [0, 0.1) is 0 Å². The van der Waals surface area contributed by atoms with E-state index in [9.17, 15) is 0 Å². The van der Waals surface area contributed by atoms with Crippen molar-refractivity contribution in [3.8, 4) is 28.7 Å². The fourth-order valence-corrected chi connectivity index (χ4v) is 1.72. The highest BCUT2D eigenvalue weighted by Crippen LogP contribution is 2.40. The smallest absolute Gasteiger partial charge is 0.248 e. The zero-order valence-corrected chi connectivity index (χ0v) is 11.4. The monoisotopic (exact) mass is 264 g/mol. The van der Waals surface area contributed by atoms with Crippen molar-refractivity contribution in [2.75, 3.05) is 21.3 Å². The lowest BCUT2D eigenvalue weighted by atomic mass is 10.2. The Balaban J connectivity index is 2.51. The van der Waals surface area contributed by atoms with Gasteiger partial charge in [0.1, 0.15) is 0 Å². The highest BCUT2D eigenvalue weighted by molar-refractivity contribution is 5.65. The minimum Gasteiger partial charge on any atom is -0.493 e. The van der Waals surface area contributed by atoms with E-state index in [1.807, 2.05) is 6.92 Å². The molecule has 0 radical (unpaired) electrons. The molecule has 0 aliphatic rings. The van der Waals surface area contributed by atoms with E-state index in [0.717, 1.165) is 5.56 Å². The predicted octanol–water partition coefficient (Wildman–Crippen LogP) is 2.32. The molecule has 2 rings (SSSR count). The zero-order valence-electron chi connectivity index (χ0n) is 11.4. The maximum absolute atomic E-state index is 5.52. The van der Waals surface area contributed by atoms with Gasteiger partial charge in [0.2, 0.25) is 17.5 Å². The highest BCUT2D eigenvalue weighted by atomic mass is 16.5. The number of aromatic nitrogens is 2. The van der Waals surface area contributed by atoms with Crippen LogP contribution in [0.5, 0.6) is 17.2 Å². The molecule has 6 nitrogen and oxygen atoms in total. The SMILES string of the molecule is CCc1nnc(-c2cc(OC)c(OC)c(OC)c2)o1. The molecule has 0 bridgehead atoms. The number of benzene rings is 1. The molecule has 1 aromatic carbocycles. The Hall–Kier alpha value is -2.24. The summed E-state index contributed by atoms with van der Waals surface area (Å²) in [5.41, 5.74) is 0.724. The molecule has 0 saturated heterocycles. The molecular formula is C13H16N2O4. The van der Waals surface area contributed by atoms with Gasteiger partial charge in [-0.25, -0.2) is 0 Å². The number of ether oxygens (including phenoxy) is 3. The third-order valence-electron chi connectivity index (χ3n) is 2.68. The summed E-state index contributed by atoms with van der Waals surface area (Å²) in [6, 6.07) is 3.54. The van der Waals surface area contributed by atoms with Crippen molar-refractivity contribution in [1.82, 2.24) is 10.2 Å². The summed E-state index contributed by atoms with van der Waals surface area (Å²) >= 11 is 0. The fraction of sp³-hybridized carbons (Fsp3) is 0.385. The van der Waals surface area contributed by atoms with Gasteiger partial charge in [0, 0.05) is 12.0 Å². The Bertz CT molecular complexity index is 541. The maximum Gasteiger partial charge on any atom is 0.248 e. The van der Waals surface area contributed by atoms with Crippen molar-refractivity contribution < 1.29 is 18.6 Å². The summed E-state index contributed by atoms with van der Waals surface area (Å²) in [4.78, 5) is 0. The molecule has 1 aromatic heterocycles. The molecule has 0 unspecified atom stereocenters. The minimum absolute atomic E-state index is 0.427. The number of nitrogens with zero attached hydrogens (tertiary/aromatic N) is 2. The second kappa shape index (κ2) is 5.60. The van der Waals surface area contributed by atoms with E-state index in [4.69, 9.17) is 18.6 Å². The normalized spacial score (nSPS) is 10.3. The Morgan fingerprint density at radius 1 is 1.00 bits per heavy atom. The van der Waals surface area contributed by atoms with Gasteiger partial charge in [-0.05, 0) is 12.1 Å². The molecule has 0 atom stereocenters. The van der Waals surface area contributed by atoms with E-state index in [2.05, 4.69) is 10.2 Å². The third-order valence-corrected chi connectivity index (χ3v) is 2.68. The number of hydrogen-bond donors (Lipinski definition) is 0. The summed E-state index contributed by atoms with van der Waals surface area (Å²) in [5.74, 6) is 2.64. The zero-order chi connectivity index (χ0) is 13.8. The van der Waals surface area contributed by atoms with Gasteiger partial charge < -0.3 is 18.6 Å². The lowest BCUT2D eigenvalue weighted by Gasteiger charge is -2.12. The number of methoxy groups -OCH3 is 3. The number of hydrogen-bond acceptors (Lipinski definition) is 6. The summed E-state index contributed by atoms with van der Waals surface area (Å²) < 4.78 is 21.3. The largest absolute Gasteiger partial charge is 0.493 e. The summed E-state index contributed by atoms with van der Waals surface area (Å²) in [5, 5.41) is 7.93. The van der Waals surface area contributed by atoms with Crippen molar-refractivity contribution in [2.24, 2.45) is 0 Å². The number of aryl methyl sites for hydroxylation is 1. The molecule has 0 aliphatic carbocycles. The molecule has 0 aliphatic heterocycles. The van der Waals surface area contributed by atoms with Crippen LogP contribution in [0.25, 0.3) is 11.5 Å². The van der Waals surface area contributed by atoms with Gasteiger partial charge in [0.05, 0.1) is 21.3 Å². The van der Waals surface area contributed by atoms with Crippen LogP contribution in [-0.4, -0.2) is 31.5 Å². The molecule has 0 fully saturated rings. The first kappa shape index (κ1) is 13.2. The second-order valence-corrected chi connectivity index (χ2v) is 3.77. The van der Waals surface area contributed by atoms with Gasteiger partial charge in [-0.15, -0.1) is 10.2 Å². The van der Waals surface area contributed by atoms with E-state index in [1.54, 1.807) is 33.5 Å².